The number of piperidine rings is 1. The summed E-state index contributed by atoms with van der Waals surface area (Å²) in [5.74, 6) is 2.12. The van der Waals surface area contributed by atoms with Gasteiger partial charge in [-0.1, -0.05) is 49.9 Å². The Morgan fingerprint density at radius 3 is 2.66 bits per heavy atom. The molecule has 0 amide bonds. The molecule has 4 rings (SSSR count). The number of aliphatic hydroxyl groups is 1. The quantitative estimate of drug-likeness (QED) is 0.511. The van der Waals surface area contributed by atoms with E-state index in [1.807, 2.05) is 7.05 Å². The molecule has 1 N–H and O–H groups in total. The molecule has 2 atom stereocenters. The molecule has 2 heterocycles. The van der Waals surface area contributed by atoms with Crippen LogP contribution < -0.4 is 4.90 Å². The Hall–Kier alpha value is -2.38. The second kappa shape index (κ2) is 12.0. The van der Waals surface area contributed by atoms with Crippen molar-refractivity contribution >= 4 is 6.01 Å². The van der Waals surface area contributed by atoms with Crippen LogP contribution in [-0.4, -0.2) is 66.1 Å². The predicted molar refractivity (Wildman–Crippen MR) is 139 cm³/mol. The van der Waals surface area contributed by atoms with Gasteiger partial charge in [0.15, 0.2) is 5.82 Å². The van der Waals surface area contributed by atoms with Gasteiger partial charge in [-0.2, -0.15) is 4.98 Å². The van der Waals surface area contributed by atoms with Gasteiger partial charge in [0, 0.05) is 44.2 Å². The van der Waals surface area contributed by atoms with Gasteiger partial charge in [-0.05, 0) is 55.6 Å². The van der Waals surface area contributed by atoms with E-state index in [4.69, 9.17) is 14.4 Å². The van der Waals surface area contributed by atoms with Crippen LogP contribution in [0, 0.1) is 11.8 Å². The van der Waals surface area contributed by atoms with Crippen molar-refractivity contribution < 1.29 is 14.4 Å². The highest BCUT2D eigenvalue weighted by Gasteiger charge is 2.25. The summed E-state index contributed by atoms with van der Waals surface area (Å²) in [6.45, 7) is 11.9. The number of hydrogen-bond donors (Lipinski definition) is 1. The highest BCUT2D eigenvalue weighted by Crippen LogP contribution is 2.34. The summed E-state index contributed by atoms with van der Waals surface area (Å²) >= 11 is 0. The topological polar surface area (TPSA) is 74.9 Å². The summed E-state index contributed by atoms with van der Waals surface area (Å²) in [6, 6.07) is 0.658. The number of aliphatic hydroxyl groups excluding tert-OH is 1. The van der Waals surface area contributed by atoms with E-state index in [1.54, 1.807) is 0 Å². The van der Waals surface area contributed by atoms with Crippen molar-refractivity contribution in [3.8, 4) is 0 Å². The van der Waals surface area contributed by atoms with Crippen LogP contribution in [0.15, 0.2) is 52.2 Å². The maximum atomic E-state index is 9.17. The Morgan fingerprint density at radius 2 is 2.06 bits per heavy atom. The molecule has 192 valence electrons. The minimum atomic E-state index is 0.169. The zero-order valence-electron chi connectivity index (χ0n) is 21.7. The molecule has 0 saturated carbocycles. The second-order valence-electron chi connectivity index (χ2n) is 10.5. The van der Waals surface area contributed by atoms with Gasteiger partial charge >= 0.3 is 6.01 Å². The normalized spacial score (nSPS) is 23.4. The largest absolute Gasteiger partial charge is 0.395 e. The third kappa shape index (κ3) is 6.64. The molecule has 0 spiro atoms. The lowest BCUT2D eigenvalue weighted by atomic mass is 9.83. The third-order valence-corrected chi connectivity index (χ3v) is 7.62. The Balaban J connectivity index is 1.17. The van der Waals surface area contributed by atoms with Crippen LogP contribution in [0.4, 0.5) is 6.01 Å². The fourth-order valence-corrected chi connectivity index (χ4v) is 5.11. The maximum Gasteiger partial charge on any atom is 0.324 e. The fourth-order valence-electron chi connectivity index (χ4n) is 5.11. The number of ether oxygens (including phenoxy) is 1. The number of allylic oxidation sites excluding steroid dienone is 5. The van der Waals surface area contributed by atoms with Crippen molar-refractivity contribution in [1.29, 1.82) is 0 Å². The van der Waals surface area contributed by atoms with E-state index < -0.39 is 0 Å². The van der Waals surface area contributed by atoms with Crippen LogP contribution in [0.5, 0.6) is 0 Å². The summed E-state index contributed by atoms with van der Waals surface area (Å²) in [5, 5.41) is 13.3. The second-order valence-corrected chi connectivity index (χ2v) is 10.5. The monoisotopic (exact) mass is 482 g/mol. The van der Waals surface area contributed by atoms with Gasteiger partial charge in [0.2, 0.25) is 0 Å². The molecule has 7 nitrogen and oxygen atoms in total. The molecule has 0 aromatic carbocycles. The Morgan fingerprint density at radius 1 is 1.26 bits per heavy atom. The van der Waals surface area contributed by atoms with Crippen molar-refractivity contribution in [2.45, 2.75) is 64.4 Å². The van der Waals surface area contributed by atoms with Crippen molar-refractivity contribution in [1.82, 2.24) is 15.0 Å². The Bertz CT molecular complexity index is 940. The number of hydrogen-bond acceptors (Lipinski definition) is 7. The molecule has 0 bridgehead atoms. The maximum absolute atomic E-state index is 9.17. The molecule has 0 radical (unpaired) electrons. The first-order chi connectivity index (χ1) is 16.9. The van der Waals surface area contributed by atoms with Crippen LogP contribution in [0.25, 0.3) is 0 Å². The molecule has 7 heteroatoms. The average Bonchev–Trinajstić information content (AvgIpc) is 3.39. The van der Waals surface area contributed by atoms with E-state index >= 15 is 0 Å². The average molecular weight is 483 g/mol. The summed E-state index contributed by atoms with van der Waals surface area (Å²) in [6.07, 6.45) is 15.7. The first-order valence-electron chi connectivity index (χ1n) is 13.2. The number of nitrogens with zero attached hydrogens (tertiary/aromatic N) is 4. The smallest absolute Gasteiger partial charge is 0.324 e. The van der Waals surface area contributed by atoms with Gasteiger partial charge in [-0.15, -0.1) is 0 Å². The summed E-state index contributed by atoms with van der Waals surface area (Å²) in [4.78, 5) is 8.82. The number of rotatable bonds is 10. The van der Waals surface area contributed by atoms with Crippen molar-refractivity contribution in [3.05, 3.63) is 53.6 Å². The van der Waals surface area contributed by atoms with Crippen LogP contribution >= 0.6 is 0 Å². The molecule has 1 aromatic rings. The molecule has 1 saturated heterocycles. The van der Waals surface area contributed by atoms with E-state index in [0.29, 0.717) is 24.4 Å². The fraction of sp³-hybridized carbons (Fsp3) is 0.643. The highest BCUT2D eigenvalue weighted by molar-refractivity contribution is 5.43. The van der Waals surface area contributed by atoms with E-state index in [2.05, 4.69) is 64.7 Å². The number of anilines is 1. The van der Waals surface area contributed by atoms with Crippen LogP contribution in [0.1, 0.15) is 64.1 Å². The molecule has 1 fully saturated rings. The number of likely N-dealkylation sites (N-methyl/N-ethyl adjacent to an activating group) is 1. The first-order valence-corrected chi connectivity index (χ1v) is 13.2. The zero-order valence-corrected chi connectivity index (χ0v) is 21.7. The standard InChI is InChI=1S/C28H42N4O3/c1-20(2)27-29-28(35-30-27)32-15-13-22(14-16-32)19-34-26-11-9-25(10-12-26)24-7-5-23(6-8-24)21(3)31(4)17-18-33/h7,9-11,20,22-23,26,33H,3,5-6,8,12-19H2,1-2,4H3. The van der Waals surface area contributed by atoms with Crippen LogP contribution in [0.2, 0.25) is 0 Å². The van der Waals surface area contributed by atoms with Gasteiger partial charge in [-0.3, -0.25) is 0 Å². The summed E-state index contributed by atoms with van der Waals surface area (Å²) < 4.78 is 11.7. The van der Waals surface area contributed by atoms with Gasteiger partial charge in [0.1, 0.15) is 0 Å². The van der Waals surface area contributed by atoms with Crippen molar-refractivity contribution in [2.24, 2.45) is 11.8 Å². The van der Waals surface area contributed by atoms with Crippen LogP contribution in [0.3, 0.4) is 0 Å². The SMILES string of the molecule is C=C(C1CC=C(C2=CCC(OCC3CCN(c4nc(C(C)C)no4)CC3)C=C2)CC1)N(C)CCO. The molecule has 3 aliphatic rings. The zero-order chi connectivity index (χ0) is 24.8. The van der Waals surface area contributed by atoms with E-state index in [0.717, 1.165) is 69.7 Å². The van der Waals surface area contributed by atoms with E-state index in [9.17, 15) is 0 Å². The molecule has 1 aromatic heterocycles. The highest BCUT2D eigenvalue weighted by atomic mass is 16.5. The third-order valence-electron chi connectivity index (χ3n) is 7.62. The Labute approximate surface area is 210 Å². The van der Waals surface area contributed by atoms with Gasteiger partial charge in [-0.25, -0.2) is 0 Å². The van der Waals surface area contributed by atoms with Gasteiger partial charge < -0.3 is 24.2 Å². The minimum Gasteiger partial charge on any atom is -0.395 e. The molecular formula is C28H42N4O3. The lowest BCUT2D eigenvalue weighted by Crippen LogP contribution is -2.35. The number of aromatic nitrogens is 2. The van der Waals surface area contributed by atoms with Crippen molar-refractivity contribution in [3.63, 3.8) is 0 Å². The summed E-state index contributed by atoms with van der Waals surface area (Å²) in [5.41, 5.74) is 3.94. The van der Waals surface area contributed by atoms with Gasteiger partial charge in [0.05, 0.1) is 19.3 Å². The molecule has 2 aliphatic carbocycles. The molecule has 35 heavy (non-hydrogen) atoms. The van der Waals surface area contributed by atoms with Gasteiger partial charge in [0.25, 0.3) is 0 Å². The van der Waals surface area contributed by atoms with E-state index in [-0.39, 0.29) is 18.6 Å². The summed E-state index contributed by atoms with van der Waals surface area (Å²) in [7, 11) is 2.02. The van der Waals surface area contributed by atoms with Crippen molar-refractivity contribution in [2.75, 3.05) is 44.8 Å². The van der Waals surface area contributed by atoms with E-state index in [1.165, 1.54) is 11.1 Å². The molecular weight excluding hydrogens is 440 g/mol. The van der Waals surface area contributed by atoms with Crippen LogP contribution in [-0.2, 0) is 4.74 Å². The molecule has 1 aliphatic heterocycles. The lowest BCUT2D eigenvalue weighted by molar-refractivity contribution is 0.0509. The first kappa shape index (κ1) is 25.7. The minimum absolute atomic E-state index is 0.169. The predicted octanol–water partition coefficient (Wildman–Crippen LogP) is 4.85. The Kier molecular flexibility index (Phi) is 8.84. The molecule has 2 unspecified atom stereocenters. The lowest BCUT2D eigenvalue weighted by Gasteiger charge is -2.31.